The van der Waals surface area contributed by atoms with E-state index in [1.54, 1.807) is 25.6 Å². The van der Waals surface area contributed by atoms with Crippen molar-refractivity contribution in [3.05, 3.63) is 46.2 Å². The summed E-state index contributed by atoms with van der Waals surface area (Å²) in [5.74, 6) is 1.31. The molecule has 24 heavy (non-hydrogen) atoms. The first-order valence-electron chi connectivity index (χ1n) is 7.75. The molecule has 2 rings (SSSR count). The second-order valence-corrected chi connectivity index (χ2v) is 6.33. The summed E-state index contributed by atoms with van der Waals surface area (Å²) in [6, 6.07) is 9.47. The van der Waals surface area contributed by atoms with Crippen molar-refractivity contribution in [2.45, 2.75) is 19.4 Å². The van der Waals surface area contributed by atoms with Crippen LogP contribution in [0.3, 0.4) is 0 Å². The minimum Gasteiger partial charge on any atom is -0.493 e. The molecule has 0 saturated carbocycles. The second-order valence-electron chi connectivity index (χ2n) is 5.30. The fourth-order valence-corrected chi connectivity index (χ4v) is 2.96. The van der Waals surface area contributed by atoms with Crippen molar-refractivity contribution in [1.82, 2.24) is 5.32 Å². The van der Waals surface area contributed by atoms with Crippen LogP contribution in [-0.4, -0.2) is 33.3 Å². The first-order chi connectivity index (χ1) is 11.6. The fraction of sp³-hybridized carbons (Fsp3) is 0.389. The smallest absolute Gasteiger partial charge is 0.225 e. The van der Waals surface area contributed by atoms with Gasteiger partial charge in [-0.15, -0.1) is 11.3 Å². The fourth-order valence-electron chi connectivity index (χ4n) is 2.25. The van der Waals surface area contributed by atoms with Gasteiger partial charge in [0.25, 0.3) is 0 Å². The third-order valence-corrected chi connectivity index (χ3v) is 4.40. The molecule has 6 heteroatoms. The van der Waals surface area contributed by atoms with Crippen LogP contribution >= 0.6 is 11.3 Å². The van der Waals surface area contributed by atoms with Crippen molar-refractivity contribution >= 4 is 17.2 Å². The largest absolute Gasteiger partial charge is 0.493 e. The standard InChI is InChI=1S/C18H23NO4S/c1-13(19-18(20)12-15-5-4-10-24-15)14-6-7-16(17(11-14)22-3)23-9-8-21-2/h4-7,10-11,13H,8-9,12H2,1-3H3,(H,19,20)/t13-/m1/s1. The van der Waals surface area contributed by atoms with Gasteiger partial charge < -0.3 is 19.5 Å². The number of carbonyl (C=O) groups is 1. The first-order valence-corrected chi connectivity index (χ1v) is 8.63. The molecule has 1 atom stereocenters. The van der Waals surface area contributed by atoms with E-state index in [2.05, 4.69) is 5.32 Å². The molecule has 0 aliphatic heterocycles. The van der Waals surface area contributed by atoms with E-state index < -0.39 is 0 Å². The lowest BCUT2D eigenvalue weighted by Crippen LogP contribution is -2.27. The van der Waals surface area contributed by atoms with Gasteiger partial charge in [-0.25, -0.2) is 0 Å². The monoisotopic (exact) mass is 349 g/mol. The van der Waals surface area contributed by atoms with Crippen LogP contribution < -0.4 is 14.8 Å². The van der Waals surface area contributed by atoms with Crippen LogP contribution in [0.4, 0.5) is 0 Å². The van der Waals surface area contributed by atoms with Gasteiger partial charge in [0.05, 0.1) is 26.2 Å². The molecule has 0 aliphatic rings. The highest BCUT2D eigenvalue weighted by Crippen LogP contribution is 2.30. The Bertz CT molecular complexity index is 642. The first kappa shape index (κ1) is 18.3. The molecule has 5 nitrogen and oxygen atoms in total. The van der Waals surface area contributed by atoms with Crippen LogP contribution in [0.1, 0.15) is 23.4 Å². The van der Waals surface area contributed by atoms with Crippen molar-refractivity contribution in [3.63, 3.8) is 0 Å². The highest BCUT2D eigenvalue weighted by molar-refractivity contribution is 7.10. The molecule has 0 radical (unpaired) electrons. The summed E-state index contributed by atoms with van der Waals surface area (Å²) < 4.78 is 16.0. The highest BCUT2D eigenvalue weighted by atomic mass is 32.1. The molecule has 0 bridgehead atoms. The van der Waals surface area contributed by atoms with Gasteiger partial charge in [0, 0.05) is 12.0 Å². The van der Waals surface area contributed by atoms with Gasteiger partial charge in [-0.2, -0.15) is 0 Å². The molecule has 2 aromatic rings. The summed E-state index contributed by atoms with van der Waals surface area (Å²) in [5, 5.41) is 4.98. The number of amides is 1. The number of hydrogen-bond acceptors (Lipinski definition) is 5. The Labute approximate surface area is 146 Å². The van der Waals surface area contributed by atoms with Gasteiger partial charge in [0.2, 0.25) is 5.91 Å². The minimum atomic E-state index is -0.112. The number of rotatable bonds is 9. The lowest BCUT2D eigenvalue weighted by molar-refractivity contribution is -0.121. The summed E-state index contributed by atoms with van der Waals surface area (Å²) in [4.78, 5) is 13.2. The molecule has 1 aromatic carbocycles. The quantitative estimate of drug-likeness (QED) is 0.706. The van der Waals surface area contributed by atoms with Gasteiger partial charge in [0.1, 0.15) is 6.61 Å². The molecule has 0 aliphatic carbocycles. The predicted molar refractivity (Wildman–Crippen MR) is 94.9 cm³/mol. The number of thiophene rings is 1. The Kier molecular flexibility index (Phi) is 7.08. The van der Waals surface area contributed by atoms with Crippen LogP contribution in [0.2, 0.25) is 0 Å². The zero-order valence-corrected chi connectivity index (χ0v) is 15.0. The summed E-state index contributed by atoms with van der Waals surface area (Å²) >= 11 is 1.58. The third kappa shape index (κ3) is 5.25. The lowest BCUT2D eigenvalue weighted by Gasteiger charge is -2.17. The molecule has 0 saturated heterocycles. The van der Waals surface area contributed by atoms with Crippen molar-refractivity contribution in [2.24, 2.45) is 0 Å². The molecule has 1 amide bonds. The van der Waals surface area contributed by atoms with Crippen LogP contribution in [-0.2, 0) is 16.0 Å². The maximum Gasteiger partial charge on any atom is 0.225 e. The summed E-state index contributed by atoms with van der Waals surface area (Å²) in [6.07, 6.45) is 0.400. The predicted octanol–water partition coefficient (Wildman–Crippen LogP) is 3.20. The number of hydrogen-bond donors (Lipinski definition) is 1. The van der Waals surface area contributed by atoms with E-state index in [4.69, 9.17) is 14.2 Å². The van der Waals surface area contributed by atoms with E-state index in [1.807, 2.05) is 42.6 Å². The van der Waals surface area contributed by atoms with Crippen LogP contribution in [0.5, 0.6) is 11.5 Å². The maximum atomic E-state index is 12.1. The molecule has 0 unspecified atom stereocenters. The molecule has 0 fully saturated rings. The Hall–Kier alpha value is -2.05. The minimum absolute atomic E-state index is 0.00402. The van der Waals surface area contributed by atoms with Gasteiger partial charge in [0.15, 0.2) is 11.5 Å². The average molecular weight is 349 g/mol. The Morgan fingerprint density at radius 3 is 2.71 bits per heavy atom. The maximum absolute atomic E-state index is 12.1. The van der Waals surface area contributed by atoms with Crippen LogP contribution in [0.15, 0.2) is 35.7 Å². The highest BCUT2D eigenvalue weighted by Gasteiger charge is 2.13. The van der Waals surface area contributed by atoms with Crippen molar-refractivity contribution in [2.75, 3.05) is 27.4 Å². The topological polar surface area (TPSA) is 56.8 Å². The Morgan fingerprint density at radius 2 is 2.04 bits per heavy atom. The van der Waals surface area contributed by atoms with Gasteiger partial charge in [-0.05, 0) is 36.1 Å². The van der Waals surface area contributed by atoms with E-state index in [9.17, 15) is 4.79 Å². The zero-order valence-electron chi connectivity index (χ0n) is 14.2. The third-order valence-electron chi connectivity index (χ3n) is 3.53. The number of ether oxygens (including phenoxy) is 3. The van der Waals surface area contributed by atoms with Gasteiger partial charge in [-0.1, -0.05) is 12.1 Å². The van der Waals surface area contributed by atoms with Crippen molar-refractivity contribution in [3.8, 4) is 11.5 Å². The molecule has 1 aromatic heterocycles. The SMILES string of the molecule is COCCOc1ccc([C@@H](C)NC(=O)Cc2cccs2)cc1OC. The van der Waals surface area contributed by atoms with E-state index in [1.165, 1.54) is 0 Å². The lowest BCUT2D eigenvalue weighted by atomic mass is 10.1. The van der Waals surface area contributed by atoms with Crippen molar-refractivity contribution < 1.29 is 19.0 Å². The summed E-state index contributed by atoms with van der Waals surface area (Å²) in [6.45, 7) is 2.92. The van der Waals surface area contributed by atoms with Crippen molar-refractivity contribution in [1.29, 1.82) is 0 Å². The molecular formula is C18H23NO4S. The number of carbonyl (C=O) groups excluding carboxylic acids is 1. The molecule has 1 heterocycles. The molecule has 1 N–H and O–H groups in total. The number of nitrogens with one attached hydrogen (secondary N) is 1. The molecular weight excluding hydrogens is 326 g/mol. The van der Waals surface area contributed by atoms with E-state index in [0.717, 1.165) is 10.4 Å². The summed E-state index contributed by atoms with van der Waals surface area (Å²) in [7, 11) is 3.23. The van der Waals surface area contributed by atoms with Crippen LogP contribution in [0, 0.1) is 0 Å². The summed E-state index contributed by atoms with van der Waals surface area (Å²) in [5.41, 5.74) is 0.963. The van der Waals surface area contributed by atoms with Gasteiger partial charge >= 0.3 is 0 Å². The van der Waals surface area contributed by atoms with E-state index in [0.29, 0.717) is 31.1 Å². The molecule has 0 spiro atoms. The van der Waals surface area contributed by atoms with Gasteiger partial charge in [-0.3, -0.25) is 4.79 Å². The number of benzene rings is 1. The zero-order chi connectivity index (χ0) is 17.4. The van der Waals surface area contributed by atoms with E-state index in [-0.39, 0.29) is 11.9 Å². The number of methoxy groups -OCH3 is 2. The second kappa shape index (κ2) is 9.30. The Morgan fingerprint density at radius 1 is 1.21 bits per heavy atom. The molecule has 130 valence electrons. The normalized spacial score (nSPS) is 11.8. The average Bonchev–Trinajstić information content (AvgIpc) is 3.07. The van der Waals surface area contributed by atoms with Crippen LogP contribution in [0.25, 0.3) is 0 Å². The van der Waals surface area contributed by atoms with E-state index >= 15 is 0 Å². The Balaban J connectivity index is 1.98.